The van der Waals surface area contributed by atoms with Crippen molar-refractivity contribution in [3.05, 3.63) is 29.7 Å². The SMILES string of the molecule is CCCc1[nH]cc(C(=O)OCC)c1-c1ccn(CCOS(C)(=O)=O)n1. The summed E-state index contributed by atoms with van der Waals surface area (Å²) < 4.78 is 33.4. The molecule has 0 saturated carbocycles. The maximum Gasteiger partial charge on any atom is 0.340 e. The van der Waals surface area contributed by atoms with E-state index in [1.165, 1.54) is 0 Å². The third-order valence-electron chi connectivity index (χ3n) is 3.47. The Balaban J connectivity index is 2.25. The maximum absolute atomic E-state index is 12.2. The fraction of sp³-hybridized carbons (Fsp3) is 0.500. The lowest BCUT2D eigenvalue weighted by Gasteiger charge is -2.05. The molecule has 0 fully saturated rings. The van der Waals surface area contributed by atoms with E-state index in [-0.39, 0.29) is 13.2 Å². The van der Waals surface area contributed by atoms with Crippen LogP contribution >= 0.6 is 0 Å². The van der Waals surface area contributed by atoms with Gasteiger partial charge in [0.25, 0.3) is 10.1 Å². The molecule has 0 aliphatic rings. The van der Waals surface area contributed by atoms with Gasteiger partial charge >= 0.3 is 5.97 Å². The zero-order valence-electron chi connectivity index (χ0n) is 14.6. The number of rotatable bonds is 9. The Morgan fingerprint density at radius 2 is 2.12 bits per heavy atom. The van der Waals surface area contributed by atoms with Crippen molar-refractivity contribution in [1.29, 1.82) is 0 Å². The van der Waals surface area contributed by atoms with Gasteiger partial charge in [0.1, 0.15) is 0 Å². The average molecular weight is 369 g/mol. The fourth-order valence-electron chi connectivity index (χ4n) is 2.48. The van der Waals surface area contributed by atoms with Crippen LogP contribution in [0.4, 0.5) is 0 Å². The predicted molar refractivity (Wildman–Crippen MR) is 92.8 cm³/mol. The van der Waals surface area contributed by atoms with Crippen LogP contribution in [0.2, 0.25) is 0 Å². The number of hydrogen-bond acceptors (Lipinski definition) is 6. The first kappa shape index (κ1) is 19.2. The molecule has 2 heterocycles. The van der Waals surface area contributed by atoms with E-state index in [4.69, 9.17) is 8.92 Å². The van der Waals surface area contributed by atoms with E-state index < -0.39 is 16.1 Å². The number of carbonyl (C=O) groups excluding carboxylic acids is 1. The fourth-order valence-corrected chi connectivity index (χ4v) is 2.85. The van der Waals surface area contributed by atoms with Crippen LogP contribution in [-0.4, -0.2) is 48.6 Å². The summed E-state index contributed by atoms with van der Waals surface area (Å²) in [5.41, 5.74) is 2.72. The van der Waals surface area contributed by atoms with Gasteiger partial charge in [-0.1, -0.05) is 13.3 Å². The number of hydrogen-bond donors (Lipinski definition) is 1. The highest BCUT2D eigenvalue weighted by Gasteiger charge is 2.21. The van der Waals surface area contributed by atoms with Crippen molar-refractivity contribution in [3.63, 3.8) is 0 Å². The molecule has 0 saturated heterocycles. The molecule has 0 aromatic carbocycles. The summed E-state index contributed by atoms with van der Waals surface area (Å²) in [6.07, 6.45) is 6.06. The van der Waals surface area contributed by atoms with E-state index in [2.05, 4.69) is 17.0 Å². The minimum absolute atomic E-state index is 0.000356. The minimum atomic E-state index is -3.48. The molecule has 0 aliphatic carbocycles. The second kappa shape index (κ2) is 8.30. The lowest BCUT2D eigenvalue weighted by molar-refractivity contribution is 0.0527. The standard InChI is InChI=1S/C16H23N3O5S/c1-4-6-13-15(12(11-17-13)16(20)23-5-2)14-7-8-19(18-14)9-10-24-25(3,21)22/h7-8,11,17H,4-6,9-10H2,1-3H3. The molecule has 0 atom stereocenters. The molecule has 2 rings (SSSR count). The average Bonchev–Trinajstić information content (AvgIpc) is 3.13. The topological polar surface area (TPSA) is 103 Å². The highest BCUT2D eigenvalue weighted by molar-refractivity contribution is 7.85. The van der Waals surface area contributed by atoms with Gasteiger partial charge < -0.3 is 9.72 Å². The van der Waals surface area contributed by atoms with Gasteiger partial charge in [-0.15, -0.1) is 0 Å². The first-order valence-corrected chi connectivity index (χ1v) is 9.93. The highest BCUT2D eigenvalue weighted by Crippen LogP contribution is 2.28. The van der Waals surface area contributed by atoms with Gasteiger partial charge in [0, 0.05) is 23.7 Å². The van der Waals surface area contributed by atoms with Gasteiger partial charge in [0.15, 0.2) is 0 Å². The van der Waals surface area contributed by atoms with E-state index in [1.54, 1.807) is 30.1 Å². The number of ether oxygens (including phenoxy) is 1. The molecule has 2 aromatic heterocycles. The Kier molecular flexibility index (Phi) is 6.38. The van der Waals surface area contributed by atoms with Crippen LogP contribution in [0.1, 0.15) is 36.3 Å². The summed E-state index contributed by atoms with van der Waals surface area (Å²) in [6.45, 7) is 4.39. The number of H-pyrrole nitrogens is 1. The van der Waals surface area contributed by atoms with Crippen molar-refractivity contribution in [2.45, 2.75) is 33.2 Å². The van der Waals surface area contributed by atoms with Crippen molar-refractivity contribution in [1.82, 2.24) is 14.8 Å². The Labute approximate surface area is 147 Å². The molecule has 0 bridgehead atoms. The van der Waals surface area contributed by atoms with Gasteiger partial charge in [-0.05, 0) is 19.4 Å². The zero-order chi connectivity index (χ0) is 18.4. The molecular weight excluding hydrogens is 346 g/mol. The van der Waals surface area contributed by atoms with Crippen molar-refractivity contribution in [3.8, 4) is 11.3 Å². The third kappa shape index (κ3) is 5.17. The Morgan fingerprint density at radius 3 is 2.76 bits per heavy atom. The van der Waals surface area contributed by atoms with Crippen LogP contribution in [0.5, 0.6) is 0 Å². The molecule has 0 unspecified atom stereocenters. The van der Waals surface area contributed by atoms with Crippen LogP contribution in [0.15, 0.2) is 18.5 Å². The monoisotopic (exact) mass is 369 g/mol. The van der Waals surface area contributed by atoms with Crippen molar-refractivity contribution in [2.24, 2.45) is 0 Å². The summed E-state index contributed by atoms with van der Waals surface area (Å²) in [7, 11) is -3.48. The lowest BCUT2D eigenvalue weighted by atomic mass is 10.0. The zero-order valence-corrected chi connectivity index (χ0v) is 15.4. The van der Waals surface area contributed by atoms with Crippen molar-refractivity contribution < 1.29 is 22.1 Å². The van der Waals surface area contributed by atoms with Gasteiger partial charge in [-0.3, -0.25) is 8.86 Å². The van der Waals surface area contributed by atoms with Crippen LogP contribution < -0.4 is 0 Å². The molecule has 0 aliphatic heterocycles. The molecule has 9 heteroatoms. The lowest BCUT2D eigenvalue weighted by Crippen LogP contribution is -2.11. The molecule has 8 nitrogen and oxygen atoms in total. The van der Waals surface area contributed by atoms with Gasteiger partial charge in [-0.25, -0.2) is 4.79 Å². The minimum Gasteiger partial charge on any atom is -0.462 e. The second-order valence-electron chi connectivity index (χ2n) is 5.52. The van der Waals surface area contributed by atoms with Crippen LogP contribution in [0, 0.1) is 0 Å². The van der Waals surface area contributed by atoms with E-state index >= 15 is 0 Å². The van der Waals surface area contributed by atoms with E-state index in [0.29, 0.717) is 17.9 Å². The summed E-state index contributed by atoms with van der Waals surface area (Å²) in [5.74, 6) is -0.397. The Bertz CT molecular complexity index is 823. The number of aromatic nitrogens is 3. The third-order valence-corrected chi connectivity index (χ3v) is 4.07. The summed E-state index contributed by atoms with van der Waals surface area (Å²) in [6, 6.07) is 1.78. The number of aryl methyl sites for hydroxylation is 1. The molecule has 0 spiro atoms. The van der Waals surface area contributed by atoms with Crippen molar-refractivity contribution >= 4 is 16.1 Å². The Hall–Kier alpha value is -2.13. The largest absolute Gasteiger partial charge is 0.462 e. The molecule has 25 heavy (non-hydrogen) atoms. The normalized spacial score (nSPS) is 11.6. The molecule has 2 aromatic rings. The summed E-state index contributed by atoms with van der Waals surface area (Å²) in [5, 5.41) is 4.43. The smallest absolute Gasteiger partial charge is 0.340 e. The number of nitrogens with zero attached hydrogens (tertiary/aromatic N) is 2. The summed E-state index contributed by atoms with van der Waals surface area (Å²) in [4.78, 5) is 15.3. The van der Waals surface area contributed by atoms with Crippen LogP contribution in [-0.2, 0) is 32.0 Å². The molecular formula is C16H23N3O5S. The number of nitrogens with one attached hydrogen (secondary N) is 1. The molecule has 0 radical (unpaired) electrons. The quantitative estimate of drug-likeness (QED) is 0.535. The number of carbonyl (C=O) groups is 1. The predicted octanol–water partition coefficient (Wildman–Crippen LogP) is 1.98. The van der Waals surface area contributed by atoms with E-state index in [1.807, 2.05) is 0 Å². The summed E-state index contributed by atoms with van der Waals surface area (Å²) >= 11 is 0. The van der Waals surface area contributed by atoms with Crippen LogP contribution in [0.3, 0.4) is 0 Å². The maximum atomic E-state index is 12.2. The van der Waals surface area contributed by atoms with Gasteiger partial charge in [0.2, 0.25) is 0 Å². The molecule has 0 amide bonds. The number of esters is 1. The van der Waals surface area contributed by atoms with Gasteiger partial charge in [0.05, 0.1) is 37.3 Å². The molecule has 138 valence electrons. The first-order chi connectivity index (χ1) is 11.9. The number of aromatic amines is 1. The second-order valence-corrected chi connectivity index (χ2v) is 7.16. The highest BCUT2D eigenvalue weighted by atomic mass is 32.2. The Morgan fingerprint density at radius 1 is 1.36 bits per heavy atom. The molecule has 1 N–H and O–H groups in total. The van der Waals surface area contributed by atoms with E-state index in [0.717, 1.165) is 30.4 Å². The van der Waals surface area contributed by atoms with Crippen LogP contribution in [0.25, 0.3) is 11.3 Å². The van der Waals surface area contributed by atoms with E-state index in [9.17, 15) is 13.2 Å². The first-order valence-electron chi connectivity index (χ1n) is 8.11. The van der Waals surface area contributed by atoms with Crippen molar-refractivity contribution in [2.75, 3.05) is 19.5 Å². The van der Waals surface area contributed by atoms with Gasteiger partial charge in [-0.2, -0.15) is 13.5 Å².